The van der Waals surface area contributed by atoms with E-state index in [1.165, 1.54) is 0 Å². The molecule has 29 heavy (non-hydrogen) atoms. The molecule has 2 aromatic heterocycles. The first-order valence-corrected chi connectivity index (χ1v) is 11.3. The third-order valence-electron chi connectivity index (χ3n) is 5.67. The number of fused-ring (bicyclic) bond motifs is 3. The van der Waals surface area contributed by atoms with Crippen LogP contribution in [0.2, 0.25) is 0 Å². The molecule has 0 spiro atoms. The molecular weight excluding hydrogens is 384 g/mol. The van der Waals surface area contributed by atoms with Gasteiger partial charge in [0.25, 0.3) is 5.56 Å². The Bertz CT molecular complexity index is 1080. The summed E-state index contributed by atoms with van der Waals surface area (Å²) in [6.07, 6.45) is 2.25. The quantitative estimate of drug-likeness (QED) is 0.624. The van der Waals surface area contributed by atoms with E-state index < -0.39 is 0 Å². The second-order valence-electron chi connectivity index (χ2n) is 7.74. The van der Waals surface area contributed by atoms with Gasteiger partial charge in [-0.1, -0.05) is 25.1 Å². The molecule has 7 heteroatoms. The molecule has 0 bridgehead atoms. The second kappa shape index (κ2) is 8.63. The van der Waals surface area contributed by atoms with E-state index in [4.69, 9.17) is 0 Å². The van der Waals surface area contributed by atoms with E-state index >= 15 is 0 Å². The van der Waals surface area contributed by atoms with Gasteiger partial charge in [-0.25, -0.2) is 4.68 Å². The van der Waals surface area contributed by atoms with Crippen LogP contribution >= 0.6 is 11.3 Å². The predicted octanol–water partition coefficient (Wildman–Crippen LogP) is 3.25. The van der Waals surface area contributed by atoms with E-state index in [0.29, 0.717) is 19.4 Å². The molecule has 3 heterocycles. The molecule has 4 rings (SSSR count). The normalized spacial score (nSPS) is 15.4. The lowest BCUT2D eigenvalue weighted by molar-refractivity contribution is -0.133. The van der Waals surface area contributed by atoms with E-state index in [2.05, 4.69) is 16.9 Å². The van der Waals surface area contributed by atoms with Crippen molar-refractivity contribution in [2.45, 2.75) is 39.7 Å². The van der Waals surface area contributed by atoms with E-state index in [1.54, 1.807) is 16.0 Å². The highest BCUT2D eigenvalue weighted by Crippen LogP contribution is 2.32. The molecule has 0 aliphatic carbocycles. The Morgan fingerprint density at radius 3 is 2.66 bits per heavy atom. The van der Waals surface area contributed by atoms with Gasteiger partial charge in [0, 0.05) is 49.2 Å². The van der Waals surface area contributed by atoms with Crippen molar-refractivity contribution >= 4 is 37.4 Å². The number of rotatable bonds is 6. The smallest absolute Gasteiger partial charge is 0.276 e. The molecule has 1 aliphatic heterocycles. The van der Waals surface area contributed by atoms with Crippen molar-refractivity contribution in [3.63, 3.8) is 0 Å². The first-order chi connectivity index (χ1) is 14.1. The lowest BCUT2D eigenvalue weighted by Crippen LogP contribution is -2.48. The summed E-state index contributed by atoms with van der Waals surface area (Å²) in [6, 6.07) is 8.00. The van der Waals surface area contributed by atoms with Crippen molar-refractivity contribution in [1.29, 1.82) is 0 Å². The Morgan fingerprint density at radius 2 is 1.90 bits per heavy atom. The van der Waals surface area contributed by atoms with Gasteiger partial charge in [0.1, 0.15) is 0 Å². The third kappa shape index (κ3) is 4.07. The summed E-state index contributed by atoms with van der Waals surface area (Å²) in [5, 5.41) is 6.28. The molecule has 1 aliphatic rings. The number of benzene rings is 1. The highest BCUT2D eigenvalue weighted by atomic mass is 32.1. The lowest BCUT2D eigenvalue weighted by Gasteiger charge is -2.34. The first-order valence-electron chi connectivity index (χ1n) is 10.5. The molecule has 0 radical (unpaired) electrons. The third-order valence-corrected chi connectivity index (χ3v) is 6.95. The monoisotopic (exact) mass is 412 g/mol. The number of aryl methyl sites for hydroxylation is 2. The predicted molar refractivity (Wildman–Crippen MR) is 119 cm³/mol. The Labute approximate surface area is 174 Å². The molecule has 1 aromatic carbocycles. The van der Waals surface area contributed by atoms with Crippen molar-refractivity contribution < 1.29 is 4.79 Å². The van der Waals surface area contributed by atoms with Crippen LogP contribution in [0.15, 0.2) is 29.1 Å². The number of hydrogen-bond donors (Lipinski definition) is 0. The number of piperazine rings is 1. The Morgan fingerprint density at radius 1 is 1.14 bits per heavy atom. The summed E-state index contributed by atoms with van der Waals surface area (Å²) >= 11 is 1.62. The van der Waals surface area contributed by atoms with Crippen molar-refractivity contribution in [3.8, 4) is 0 Å². The van der Waals surface area contributed by atoms with Gasteiger partial charge in [0.05, 0.1) is 15.8 Å². The molecule has 1 saturated heterocycles. The van der Waals surface area contributed by atoms with Crippen LogP contribution in [0.4, 0.5) is 0 Å². The van der Waals surface area contributed by atoms with Crippen molar-refractivity contribution in [2.24, 2.45) is 0 Å². The number of hydrogen-bond acceptors (Lipinski definition) is 5. The average Bonchev–Trinajstić information content (AvgIpc) is 3.13. The van der Waals surface area contributed by atoms with Crippen LogP contribution in [0.25, 0.3) is 20.2 Å². The van der Waals surface area contributed by atoms with Gasteiger partial charge in [-0.15, -0.1) is 11.3 Å². The molecule has 0 N–H and O–H groups in total. The number of carbonyl (C=O) groups excluding carboxylic acids is 1. The Hall–Kier alpha value is -2.25. The summed E-state index contributed by atoms with van der Waals surface area (Å²) in [6.45, 7) is 9.26. The second-order valence-corrected chi connectivity index (χ2v) is 8.79. The molecule has 0 saturated carbocycles. The highest BCUT2D eigenvalue weighted by Gasteiger charge is 2.20. The van der Waals surface area contributed by atoms with Gasteiger partial charge < -0.3 is 4.90 Å². The molecule has 0 unspecified atom stereocenters. The molecular formula is C22H28N4O2S. The fraction of sp³-hybridized carbons (Fsp3) is 0.500. The zero-order valence-electron chi connectivity index (χ0n) is 17.2. The van der Waals surface area contributed by atoms with Crippen molar-refractivity contribution in [2.75, 3.05) is 32.7 Å². The van der Waals surface area contributed by atoms with Crippen LogP contribution < -0.4 is 5.56 Å². The minimum absolute atomic E-state index is 0.0521. The van der Waals surface area contributed by atoms with Crippen LogP contribution in [-0.2, 0) is 11.3 Å². The molecule has 1 amide bonds. The van der Waals surface area contributed by atoms with Crippen LogP contribution in [0, 0.1) is 6.92 Å². The molecule has 154 valence electrons. The Balaban J connectivity index is 1.43. The SMILES string of the molecule is CCCN1CCN(C(=O)CCCn2nc(C)c3sc4ccccc4c3c2=O)CC1. The zero-order chi connectivity index (χ0) is 20.4. The number of nitrogens with zero attached hydrogens (tertiary/aromatic N) is 4. The van der Waals surface area contributed by atoms with Gasteiger partial charge >= 0.3 is 0 Å². The Kier molecular flexibility index (Phi) is 5.96. The number of thiophene rings is 1. The summed E-state index contributed by atoms with van der Waals surface area (Å²) < 4.78 is 3.62. The van der Waals surface area contributed by atoms with E-state index in [9.17, 15) is 9.59 Å². The summed E-state index contributed by atoms with van der Waals surface area (Å²) in [7, 11) is 0. The van der Waals surface area contributed by atoms with Crippen LogP contribution in [0.3, 0.4) is 0 Å². The first kappa shape index (κ1) is 20.0. The lowest BCUT2D eigenvalue weighted by atomic mass is 10.2. The van der Waals surface area contributed by atoms with Gasteiger partial charge in [0.15, 0.2) is 0 Å². The number of carbonyl (C=O) groups is 1. The molecule has 3 aromatic rings. The molecule has 0 atom stereocenters. The average molecular weight is 413 g/mol. The zero-order valence-corrected chi connectivity index (χ0v) is 18.0. The van der Waals surface area contributed by atoms with Crippen molar-refractivity contribution in [3.05, 3.63) is 40.3 Å². The van der Waals surface area contributed by atoms with Gasteiger partial charge in [-0.3, -0.25) is 14.5 Å². The van der Waals surface area contributed by atoms with Crippen LogP contribution in [-0.4, -0.2) is 58.2 Å². The van der Waals surface area contributed by atoms with Crippen molar-refractivity contribution in [1.82, 2.24) is 19.6 Å². The molecule has 1 fully saturated rings. The minimum Gasteiger partial charge on any atom is -0.340 e. The fourth-order valence-corrected chi connectivity index (χ4v) is 5.27. The maximum Gasteiger partial charge on any atom is 0.276 e. The maximum atomic E-state index is 13.0. The van der Waals surface area contributed by atoms with Crippen LogP contribution in [0.1, 0.15) is 31.9 Å². The fourth-order valence-electron chi connectivity index (χ4n) is 4.14. The number of amides is 1. The number of aromatic nitrogens is 2. The summed E-state index contributed by atoms with van der Waals surface area (Å²) in [4.78, 5) is 30.0. The van der Waals surface area contributed by atoms with Gasteiger partial charge in [-0.2, -0.15) is 5.10 Å². The van der Waals surface area contributed by atoms with E-state index in [0.717, 1.165) is 65.0 Å². The molecule has 6 nitrogen and oxygen atoms in total. The van der Waals surface area contributed by atoms with Gasteiger partial charge in [-0.05, 0) is 32.4 Å². The summed E-state index contributed by atoms with van der Waals surface area (Å²) in [5.74, 6) is 0.188. The van der Waals surface area contributed by atoms with E-state index in [1.807, 2.05) is 36.1 Å². The van der Waals surface area contributed by atoms with E-state index in [-0.39, 0.29) is 11.5 Å². The minimum atomic E-state index is -0.0521. The standard InChI is InChI=1S/C22H28N4O2S/c1-3-10-24-12-14-25(15-13-24)19(27)9-6-11-26-22(28)20-17-7-4-5-8-18(17)29-21(20)16(2)23-26/h4-5,7-8H,3,6,9-15H2,1-2H3. The summed E-state index contributed by atoms with van der Waals surface area (Å²) in [5.41, 5.74) is 0.822. The maximum absolute atomic E-state index is 13.0. The largest absolute Gasteiger partial charge is 0.340 e. The van der Waals surface area contributed by atoms with Gasteiger partial charge in [0.2, 0.25) is 5.91 Å². The van der Waals surface area contributed by atoms with Crippen LogP contribution in [0.5, 0.6) is 0 Å². The highest BCUT2D eigenvalue weighted by molar-refractivity contribution is 7.26. The topological polar surface area (TPSA) is 58.4 Å².